The molecule has 0 amide bonds. The summed E-state index contributed by atoms with van der Waals surface area (Å²) >= 11 is 0. The molecule has 1 aromatic heterocycles. The zero-order chi connectivity index (χ0) is 8.97. The predicted molar refractivity (Wildman–Crippen MR) is 47.7 cm³/mol. The molecule has 0 aliphatic rings. The van der Waals surface area contributed by atoms with Crippen LogP contribution < -0.4 is 5.32 Å². The molecule has 0 saturated heterocycles. The first-order valence-electron chi connectivity index (χ1n) is 4.00. The molecule has 0 fully saturated rings. The van der Waals surface area contributed by atoms with Crippen LogP contribution in [0.15, 0.2) is 23.2 Å². The minimum absolute atomic E-state index is 0.307. The largest absolute Gasteiger partial charge is 0.361 e. The molecule has 0 aromatic carbocycles. The monoisotopic (exact) mass is 166 g/mol. The first-order chi connectivity index (χ1) is 5.72. The minimum Gasteiger partial charge on any atom is -0.361 e. The SMILES string of the molecule is C=CC(C)NCc1cc(C)on1. The van der Waals surface area contributed by atoms with Gasteiger partial charge in [-0.2, -0.15) is 0 Å². The van der Waals surface area contributed by atoms with Gasteiger partial charge in [0.25, 0.3) is 0 Å². The van der Waals surface area contributed by atoms with Gasteiger partial charge in [0.15, 0.2) is 0 Å². The van der Waals surface area contributed by atoms with Gasteiger partial charge in [-0.15, -0.1) is 6.58 Å². The van der Waals surface area contributed by atoms with Crippen LogP contribution in [0, 0.1) is 6.92 Å². The lowest BCUT2D eigenvalue weighted by atomic mass is 10.3. The summed E-state index contributed by atoms with van der Waals surface area (Å²) in [6.45, 7) is 8.32. The highest BCUT2D eigenvalue weighted by atomic mass is 16.5. The molecule has 0 spiro atoms. The zero-order valence-electron chi connectivity index (χ0n) is 7.50. The summed E-state index contributed by atoms with van der Waals surface area (Å²) in [6, 6.07) is 2.23. The van der Waals surface area contributed by atoms with Crippen LogP contribution in [0.3, 0.4) is 0 Å². The van der Waals surface area contributed by atoms with Gasteiger partial charge in [0.2, 0.25) is 0 Å². The van der Waals surface area contributed by atoms with Gasteiger partial charge in [0.1, 0.15) is 5.76 Å². The van der Waals surface area contributed by atoms with Crippen molar-refractivity contribution < 1.29 is 4.52 Å². The van der Waals surface area contributed by atoms with E-state index in [2.05, 4.69) is 17.1 Å². The van der Waals surface area contributed by atoms with E-state index in [1.165, 1.54) is 0 Å². The van der Waals surface area contributed by atoms with Crippen LogP contribution in [0.25, 0.3) is 0 Å². The van der Waals surface area contributed by atoms with E-state index >= 15 is 0 Å². The van der Waals surface area contributed by atoms with Gasteiger partial charge >= 0.3 is 0 Å². The van der Waals surface area contributed by atoms with Crippen LogP contribution in [0.1, 0.15) is 18.4 Å². The fourth-order valence-electron chi connectivity index (χ4n) is 0.850. The summed E-state index contributed by atoms with van der Waals surface area (Å²) in [7, 11) is 0. The highest BCUT2D eigenvalue weighted by molar-refractivity contribution is 5.03. The number of nitrogens with zero attached hydrogens (tertiary/aromatic N) is 1. The number of hydrogen-bond donors (Lipinski definition) is 1. The van der Waals surface area contributed by atoms with E-state index in [1.807, 2.05) is 26.0 Å². The van der Waals surface area contributed by atoms with Crippen LogP contribution in [-0.4, -0.2) is 11.2 Å². The smallest absolute Gasteiger partial charge is 0.133 e. The predicted octanol–water partition coefficient (Wildman–Crippen LogP) is 1.65. The van der Waals surface area contributed by atoms with Gasteiger partial charge in [-0.25, -0.2) is 0 Å². The Morgan fingerprint density at radius 1 is 1.83 bits per heavy atom. The molecule has 0 radical (unpaired) electrons. The van der Waals surface area contributed by atoms with E-state index in [0.717, 1.165) is 18.0 Å². The van der Waals surface area contributed by atoms with E-state index in [0.29, 0.717) is 6.04 Å². The number of hydrogen-bond acceptors (Lipinski definition) is 3. The molecule has 0 saturated carbocycles. The summed E-state index contributed by atoms with van der Waals surface area (Å²) in [5, 5.41) is 7.07. The molecule has 1 N–H and O–H groups in total. The number of rotatable bonds is 4. The van der Waals surface area contributed by atoms with Crippen molar-refractivity contribution in [2.24, 2.45) is 0 Å². The highest BCUT2D eigenvalue weighted by Crippen LogP contribution is 2.00. The van der Waals surface area contributed by atoms with Crippen LogP contribution in [0.4, 0.5) is 0 Å². The second-order valence-corrected chi connectivity index (χ2v) is 2.83. The van der Waals surface area contributed by atoms with Crippen molar-refractivity contribution in [1.82, 2.24) is 10.5 Å². The topological polar surface area (TPSA) is 38.1 Å². The lowest BCUT2D eigenvalue weighted by molar-refractivity contribution is 0.387. The molecular formula is C9H14N2O. The Morgan fingerprint density at radius 3 is 3.08 bits per heavy atom. The first kappa shape index (κ1) is 9.00. The summed E-state index contributed by atoms with van der Waals surface area (Å²) in [6.07, 6.45) is 1.85. The van der Waals surface area contributed by atoms with Crippen LogP contribution >= 0.6 is 0 Å². The molecule has 1 heterocycles. The maximum atomic E-state index is 4.91. The fraction of sp³-hybridized carbons (Fsp3) is 0.444. The molecule has 3 nitrogen and oxygen atoms in total. The molecule has 0 bridgehead atoms. The first-order valence-corrected chi connectivity index (χ1v) is 4.00. The Bertz CT molecular complexity index is 255. The van der Waals surface area contributed by atoms with E-state index in [1.54, 1.807) is 0 Å². The number of nitrogens with one attached hydrogen (secondary N) is 1. The number of aryl methyl sites for hydroxylation is 1. The molecular weight excluding hydrogens is 152 g/mol. The highest BCUT2D eigenvalue weighted by Gasteiger charge is 2.00. The van der Waals surface area contributed by atoms with Crippen molar-refractivity contribution in [3.05, 3.63) is 30.2 Å². The third kappa shape index (κ3) is 2.51. The van der Waals surface area contributed by atoms with Gasteiger partial charge in [-0.3, -0.25) is 0 Å². The van der Waals surface area contributed by atoms with Gasteiger partial charge < -0.3 is 9.84 Å². The van der Waals surface area contributed by atoms with Crippen molar-refractivity contribution in [2.75, 3.05) is 0 Å². The average Bonchev–Trinajstić information content (AvgIpc) is 2.47. The van der Waals surface area contributed by atoms with Crippen LogP contribution in [-0.2, 0) is 6.54 Å². The van der Waals surface area contributed by atoms with E-state index in [-0.39, 0.29) is 0 Å². The molecule has 1 atom stereocenters. The standard InChI is InChI=1S/C9H14N2O/c1-4-7(2)10-6-9-5-8(3)12-11-9/h4-5,7,10H,1,6H2,2-3H3. The van der Waals surface area contributed by atoms with Crippen molar-refractivity contribution in [3.63, 3.8) is 0 Å². The van der Waals surface area contributed by atoms with E-state index in [9.17, 15) is 0 Å². The summed E-state index contributed by atoms with van der Waals surface area (Å²) in [4.78, 5) is 0. The van der Waals surface area contributed by atoms with Crippen molar-refractivity contribution in [3.8, 4) is 0 Å². The minimum atomic E-state index is 0.307. The van der Waals surface area contributed by atoms with E-state index < -0.39 is 0 Å². The Kier molecular flexibility index (Phi) is 3.05. The molecule has 1 unspecified atom stereocenters. The lowest BCUT2D eigenvalue weighted by Gasteiger charge is -2.05. The quantitative estimate of drug-likeness (QED) is 0.691. The Balaban J connectivity index is 2.37. The maximum absolute atomic E-state index is 4.91. The van der Waals surface area contributed by atoms with Crippen LogP contribution in [0.5, 0.6) is 0 Å². The lowest BCUT2D eigenvalue weighted by Crippen LogP contribution is -2.22. The zero-order valence-corrected chi connectivity index (χ0v) is 7.50. The maximum Gasteiger partial charge on any atom is 0.133 e. The molecule has 66 valence electrons. The molecule has 12 heavy (non-hydrogen) atoms. The summed E-state index contributed by atoms with van der Waals surface area (Å²) in [5.74, 6) is 0.845. The second kappa shape index (κ2) is 4.07. The Labute approximate surface area is 72.4 Å². The van der Waals surface area contributed by atoms with E-state index in [4.69, 9.17) is 4.52 Å². The van der Waals surface area contributed by atoms with Crippen molar-refractivity contribution in [1.29, 1.82) is 0 Å². The van der Waals surface area contributed by atoms with Crippen LogP contribution in [0.2, 0.25) is 0 Å². The summed E-state index contributed by atoms with van der Waals surface area (Å²) in [5.41, 5.74) is 0.932. The molecule has 3 heteroatoms. The summed E-state index contributed by atoms with van der Waals surface area (Å²) < 4.78 is 4.91. The normalized spacial score (nSPS) is 12.8. The van der Waals surface area contributed by atoms with Crippen molar-refractivity contribution >= 4 is 0 Å². The van der Waals surface area contributed by atoms with Gasteiger partial charge in [-0.1, -0.05) is 11.2 Å². The third-order valence-corrected chi connectivity index (χ3v) is 1.64. The average molecular weight is 166 g/mol. The molecule has 0 aliphatic heterocycles. The second-order valence-electron chi connectivity index (χ2n) is 2.83. The molecule has 1 rings (SSSR count). The number of aromatic nitrogens is 1. The van der Waals surface area contributed by atoms with Crippen molar-refractivity contribution in [2.45, 2.75) is 26.4 Å². The van der Waals surface area contributed by atoms with Gasteiger partial charge in [0.05, 0.1) is 5.69 Å². The molecule has 1 aromatic rings. The Morgan fingerprint density at radius 2 is 2.58 bits per heavy atom. The molecule has 0 aliphatic carbocycles. The van der Waals surface area contributed by atoms with Gasteiger partial charge in [0, 0.05) is 18.7 Å². The Hall–Kier alpha value is -1.09. The fourth-order valence-corrected chi connectivity index (χ4v) is 0.850. The van der Waals surface area contributed by atoms with Gasteiger partial charge in [-0.05, 0) is 13.8 Å². The third-order valence-electron chi connectivity index (χ3n) is 1.64.